The fourth-order valence-electron chi connectivity index (χ4n) is 1.40. The standard InChI is InChI=1S/C13H17NO3S/c1-10(8-17-2)14-13(16)9-18-12-5-3-11(7-15)4-6-12/h3-7,10H,8-9H2,1-2H3,(H,14,16). The number of ether oxygens (including phenoxy) is 1. The maximum absolute atomic E-state index is 11.6. The molecule has 0 aromatic heterocycles. The first-order valence-corrected chi connectivity index (χ1v) is 6.60. The molecule has 1 amide bonds. The normalized spacial score (nSPS) is 11.9. The Morgan fingerprint density at radius 2 is 2.11 bits per heavy atom. The first-order valence-electron chi connectivity index (χ1n) is 5.62. The van der Waals surface area contributed by atoms with Crippen molar-refractivity contribution < 1.29 is 14.3 Å². The lowest BCUT2D eigenvalue weighted by Gasteiger charge is -2.12. The Hall–Kier alpha value is -1.33. The lowest BCUT2D eigenvalue weighted by Crippen LogP contribution is -2.36. The van der Waals surface area contributed by atoms with Gasteiger partial charge in [-0.25, -0.2) is 0 Å². The van der Waals surface area contributed by atoms with Gasteiger partial charge in [0.2, 0.25) is 5.91 Å². The van der Waals surface area contributed by atoms with Crippen LogP contribution in [0.1, 0.15) is 17.3 Å². The average molecular weight is 267 g/mol. The van der Waals surface area contributed by atoms with Gasteiger partial charge in [0.25, 0.3) is 0 Å². The van der Waals surface area contributed by atoms with Gasteiger partial charge in [-0.2, -0.15) is 0 Å². The maximum Gasteiger partial charge on any atom is 0.230 e. The van der Waals surface area contributed by atoms with Crippen molar-refractivity contribution >= 4 is 24.0 Å². The van der Waals surface area contributed by atoms with E-state index in [2.05, 4.69) is 5.32 Å². The van der Waals surface area contributed by atoms with E-state index < -0.39 is 0 Å². The summed E-state index contributed by atoms with van der Waals surface area (Å²) in [6, 6.07) is 7.16. The summed E-state index contributed by atoms with van der Waals surface area (Å²) in [6.07, 6.45) is 0.799. The van der Waals surface area contributed by atoms with Gasteiger partial charge in [-0.15, -0.1) is 11.8 Å². The van der Waals surface area contributed by atoms with E-state index in [0.29, 0.717) is 17.9 Å². The van der Waals surface area contributed by atoms with Crippen molar-refractivity contribution in [2.75, 3.05) is 19.5 Å². The molecule has 5 heteroatoms. The predicted molar refractivity (Wildman–Crippen MR) is 72.0 cm³/mol. The number of hydrogen-bond acceptors (Lipinski definition) is 4. The van der Waals surface area contributed by atoms with Crippen LogP contribution in [0.2, 0.25) is 0 Å². The number of nitrogens with one attached hydrogen (secondary N) is 1. The SMILES string of the molecule is COCC(C)NC(=O)CSc1ccc(C=O)cc1. The fraction of sp³-hybridized carbons (Fsp3) is 0.385. The van der Waals surface area contributed by atoms with E-state index in [9.17, 15) is 9.59 Å². The Morgan fingerprint density at radius 1 is 1.44 bits per heavy atom. The van der Waals surface area contributed by atoms with Crippen LogP contribution in [-0.2, 0) is 9.53 Å². The number of carbonyl (C=O) groups excluding carboxylic acids is 2. The van der Waals surface area contributed by atoms with Gasteiger partial charge in [-0.1, -0.05) is 12.1 Å². The Balaban J connectivity index is 2.35. The summed E-state index contributed by atoms with van der Waals surface area (Å²) in [4.78, 5) is 23.0. The number of methoxy groups -OCH3 is 1. The third-order valence-corrected chi connectivity index (χ3v) is 3.22. The molecule has 0 fully saturated rings. The molecule has 0 aliphatic carbocycles. The second kappa shape index (κ2) is 7.89. The zero-order valence-electron chi connectivity index (χ0n) is 10.5. The van der Waals surface area contributed by atoms with Crippen LogP contribution < -0.4 is 5.32 Å². The number of benzene rings is 1. The summed E-state index contributed by atoms with van der Waals surface area (Å²) >= 11 is 1.44. The first kappa shape index (κ1) is 14.7. The van der Waals surface area contributed by atoms with Crippen LogP contribution >= 0.6 is 11.8 Å². The second-order valence-electron chi connectivity index (χ2n) is 3.90. The maximum atomic E-state index is 11.6. The molecule has 0 aliphatic rings. The zero-order valence-corrected chi connectivity index (χ0v) is 11.3. The number of hydrogen-bond donors (Lipinski definition) is 1. The van der Waals surface area contributed by atoms with E-state index in [-0.39, 0.29) is 11.9 Å². The van der Waals surface area contributed by atoms with Gasteiger partial charge in [0.05, 0.1) is 12.4 Å². The zero-order chi connectivity index (χ0) is 13.4. The number of rotatable bonds is 7. The smallest absolute Gasteiger partial charge is 0.230 e. The molecule has 0 spiro atoms. The Labute approximate surface area is 111 Å². The Bertz CT molecular complexity index is 392. The van der Waals surface area contributed by atoms with Crippen LogP contribution in [0.25, 0.3) is 0 Å². The molecule has 1 unspecified atom stereocenters. The van der Waals surface area contributed by atoms with Crippen LogP contribution in [0.5, 0.6) is 0 Å². The molecule has 1 aromatic carbocycles. The number of amides is 1. The second-order valence-corrected chi connectivity index (χ2v) is 4.95. The van der Waals surface area contributed by atoms with Crippen LogP contribution in [0, 0.1) is 0 Å². The third kappa shape index (κ3) is 5.33. The van der Waals surface area contributed by atoms with Gasteiger partial charge in [-0.05, 0) is 19.1 Å². The molecule has 18 heavy (non-hydrogen) atoms. The molecule has 4 nitrogen and oxygen atoms in total. The lowest BCUT2D eigenvalue weighted by atomic mass is 10.2. The molecule has 0 saturated heterocycles. The molecule has 1 rings (SSSR count). The number of aldehydes is 1. The van der Waals surface area contributed by atoms with Crippen LogP contribution in [-0.4, -0.2) is 37.7 Å². The topological polar surface area (TPSA) is 55.4 Å². The van der Waals surface area contributed by atoms with E-state index in [1.807, 2.05) is 19.1 Å². The van der Waals surface area contributed by atoms with Crippen LogP contribution in [0.3, 0.4) is 0 Å². The van der Waals surface area contributed by atoms with Crippen LogP contribution in [0.15, 0.2) is 29.2 Å². The highest BCUT2D eigenvalue weighted by molar-refractivity contribution is 8.00. The van der Waals surface area contributed by atoms with E-state index in [4.69, 9.17) is 4.74 Å². The van der Waals surface area contributed by atoms with E-state index in [1.54, 1.807) is 19.2 Å². The minimum absolute atomic E-state index is 0.0144. The third-order valence-electron chi connectivity index (χ3n) is 2.21. The molecule has 0 heterocycles. The van der Waals surface area contributed by atoms with Crippen molar-refractivity contribution in [2.45, 2.75) is 17.9 Å². The monoisotopic (exact) mass is 267 g/mol. The molecular weight excluding hydrogens is 250 g/mol. The summed E-state index contributed by atoms with van der Waals surface area (Å²) in [5, 5.41) is 2.83. The largest absolute Gasteiger partial charge is 0.383 e. The van der Waals surface area contributed by atoms with Gasteiger partial charge in [-0.3, -0.25) is 9.59 Å². The van der Waals surface area contributed by atoms with Gasteiger partial charge in [0.15, 0.2) is 0 Å². The summed E-state index contributed by atoms with van der Waals surface area (Å²) in [5.74, 6) is 0.332. The predicted octanol–water partition coefficient (Wildman–Crippen LogP) is 1.74. The van der Waals surface area contributed by atoms with Gasteiger partial charge in [0, 0.05) is 23.6 Å². The van der Waals surface area contributed by atoms with Crippen molar-refractivity contribution in [1.82, 2.24) is 5.32 Å². The minimum Gasteiger partial charge on any atom is -0.383 e. The number of carbonyl (C=O) groups is 2. The molecule has 1 N–H and O–H groups in total. The molecule has 98 valence electrons. The Morgan fingerprint density at radius 3 is 2.67 bits per heavy atom. The van der Waals surface area contributed by atoms with Crippen molar-refractivity contribution in [1.29, 1.82) is 0 Å². The van der Waals surface area contributed by atoms with Crippen molar-refractivity contribution in [3.05, 3.63) is 29.8 Å². The van der Waals surface area contributed by atoms with Crippen molar-refractivity contribution in [2.24, 2.45) is 0 Å². The number of thioether (sulfide) groups is 1. The van der Waals surface area contributed by atoms with E-state index in [1.165, 1.54) is 11.8 Å². The minimum atomic E-state index is -0.0241. The molecule has 0 aliphatic heterocycles. The quantitative estimate of drug-likeness (QED) is 0.604. The first-order chi connectivity index (χ1) is 8.65. The highest BCUT2D eigenvalue weighted by Gasteiger charge is 2.07. The van der Waals surface area contributed by atoms with Crippen LogP contribution in [0.4, 0.5) is 0 Å². The lowest BCUT2D eigenvalue weighted by molar-refractivity contribution is -0.119. The summed E-state index contributed by atoms with van der Waals surface area (Å²) in [5.41, 5.74) is 0.637. The van der Waals surface area contributed by atoms with Crippen molar-refractivity contribution in [3.63, 3.8) is 0 Å². The highest BCUT2D eigenvalue weighted by atomic mass is 32.2. The summed E-state index contributed by atoms with van der Waals surface area (Å²) < 4.78 is 4.94. The van der Waals surface area contributed by atoms with Gasteiger partial charge >= 0.3 is 0 Å². The molecule has 0 saturated carbocycles. The highest BCUT2D eigenvalue weighted by Crippen LogP contribution is 2.17. The van der Waals surface area contributed by atoms with E-state index in [0.717, 1.165) is 11.2 Å². The molecule has 1 aromatic rings. The molecule has 1 atom stereocenters. The van der Waals surface area contributed by atoms with Gasteiger partial charge < -0.3 is 10.1 Å². The fourth-order valence-corrected chi connectivity index (χ4v) is 2.11. The average Bonchev–Trinajstić information content (AvgIpc) is 2.37. The van der Waals surface area contributed by atoms with Crippen molar-refractivity contribution in [3.8, 4) is 0 Å². The summed E-state index contributed by atoms with van der Waals surface area (Å²) in [6.45, 7) is 2.40. The Kier molecular flexibility index (Phi) is 6.46. The summed E-state index contributed by atoms with van der Waals surface area (Å²) in [7, 11) is 1.60. The molecule has 0 radical (unpaired) electrons. The van der Waals surface area contributed by atoms with Gasteiger partial charge in [0.1, 0.15) is 6.29 Å². The molecular formula is C13H17NO3S. The molecule has 0 bridgehead atoms. The van der Waals surface area contributed by atoms with E-state index >= 15 is 0 Å².